The Hall–Kier alpha value is -3.40. The largest absolute Gasteiger partial charge is 0.508 e. The molecule has 0 radical (unpaired) electrons. The van der Waals surface area contributed by atoms with Gasteiger partial charge in [-0.05, 0) is 60.6 Å². The first kappa shape index (κ1) is 28.7. The lowest BCUT2D eigenvalue weighted by molar-refractivity contribution is -0.141. The zero-order valence-electron chi connectivity index (χ0n) is 22.8. The molecule has 0 unspecified atom stereocenters. The molecular weight excluding hydrogens is 583 g/mol. The zero-order valence-corrected chi connectivity index (χ0v) is 24.3. The first-order valence-electron chi connectivity index (χ1n) is 13.9. The number of aliphatic hydroxyl groups excluding tert-OH is 1. The summed E-state index contributed by atoms with van der Waals surface area (Å²) in [6, 6.07) is 13.5. The van der Waals surface area contributed by atoms with Gasteiger partial charge in [-0.1, -0.05) is 35.9 Å². The number of carbonyl (C=O) groups excluding carboxylic acids is 4. The highest BCUT2D eigenvalue weighted by Crippen LogP contribution is 2.65. The molecule has 220 valence electrons. The summed E-state index contributed by atoms with van der Waals surface area (Å²) in [6.45, 7) is 0.144. The number of aromatic hydroxyl groups is 1. The van der Waals surface area contributed by atoms with Crippen LogP contribution >= 0.6 is 23.2 Å². The molecule has 42 heavy (non-hydrogen) atoms. The van der Waals surface area contributed by atoms with Crippen LogP contribution < -0.4 is 4.74 Å². The van der Waals surface area contributed by atoms with E-state index in [1.165, 1.54) is 11.9 Å². The molecule has 2 heterocycles. The molecule has 0 aromatic heterocycles. The minimum absolute atomic E-state index is 0.0566. The summed E-state index contributed by atoms with van der Waals surface area (Å²) >= 11 is 14.4. The molecule has 3 fully saturated rings. The lowest BCUT2D eigenvalue weighted by Gasteiger charge is -2.50. The number of alkyl halides is 2. The van der Waals surface area contributed by atoms with E-state index < -0.39 is 45.2 Å². The van der Waals surface area contributed by atoms with Crippen LogP contribution in [0, 0.1) is 17.8 Å². The molecular formula is C31H30Cl2N2O7. The van der Waals surface area contributed by atoms with Crippen molar-refractivity contribution in [3.05, 3.63) is 71.3 Å². The van der Waals surface area contributed by atoms with Crippen LogP contribution in [0.1, 0.15) is 29.9 Å². The molecule has 0 spiro atoms. The van der Waals surface area contributed by atoms with Crippen molar-refractivity contribution >= 4 is 46.8 Å². The molecule has 11 heteroatoms. The average molecular weight is 613 g/mol. The van der Waals surface area contributed by atoms with E-state index in [2.05, 4.69) is 0 Å². The van der Waals surface area contributed by atoms with E-state index in [9.17, 15) is 24.3 Å². The Labute approximate surface area is 252 Å². The van der Waals surface area contributed by atoms with Crippen molar-refractivity contribution in [1.82, 2.24) is 9.80 Å². The van der Waals surface area contributed by atoms with Gasteiger partial charge in [-0.25, -0.2) is 0 Å². The van der Waals surface area contributed by atoms with Gasteiger partial charge >= 0.3 is 0 Å². The third kappa shape index (κ3) is 4.08. The van der Waals surface area contributed by atoms with Crippen LogP contribution in [0.15, 0.2) is 60.2 Å². The third-order valence-corrected chi connectivity index (χ3v) is 10.7. The predicted molar refractivity (Wildman–Crippen MR) is 153 cm³/mol. The van der Waals surface area contributed by atoms with Crippen molar-refractivity contribution in [2.45, 2.75) is 34.9 Å². The van der Waals surface area contributed by atoms with E-state index in [4.69, 9.17) is 33.0 Å². The van der Waals surface area contributed by atoms with Crippen molar-refractivity contribution in [1.29, 1.82) is 0 Å². The number of benzene rings is 2. The van der Waals surface area contributed by atoms with Crippen LogP contribution in [0.3, 0.4) is 0 Å². The van der Waals surface area contributed by atoms with Crippen LogP contribution in [0.5, 0.6) is 11.5 Å². The fraction of sp³-hybridized carbons (Fsp3) is 0.419. The number of carbonyl (C=O) groups is 4. The van der Waals surface area contributed by atoms with Gasteiger partial charge in [-0.15, -0.1) is 23.2 Å². The number of hydrogen-bond acceptors (Lipinski definition) is 7. The quantitative estimate of drug-likeness (QED) is 0.280. The van der Waals surface area contributed by atoms with Crippen molar-refractivity contribution in [3.63, 3.8) is 0 Å². The van der Waals surface area contributed by atoms with Gasteiger partial charge in [0.2, 0.25) is 11.8 Å². The lowest BCUT2D eigenvalue weighted by atomic mass is 9.56. The molecule has 6 atom stereocenters. The Kier molecular flexibility index (Phi) is 7.11. The second-order valence-corrected chi connectivity index (χ2v) is 12.6. The number of nitrogens with zero attached hydrogens (tertiary/aromatic N) is 2. The molecule has 2 aliphatic carbocycles. The summed E-state index contributed by atoms with van der Waals surface area (Å²) in [5, 5.41) is 18.7. The maximum Gasteiger partial charge on any atom is 0.253 e. The first-order valence-corrected chi connectivity index (χ1v) is 14.7. The van der Waals surface area contributed by atoms with Crippen LogP contribution in [0.25, 0.3) is 0 Å². The normalized spacial score (nSPS) is 32.0. The van der Waals surface area contributed by atoms with E-state index in [-0.39, 0.29) is 43.7 Å². The number of amides is 4. The highest BCUT2D eigenvalue weighted by atomic mass is 35.5. The predicted octanol–water partition coefficient (Wildman–Crippen LogP) is 2.99. The Bertz CT molecular complexity index is 1490. The number of phenolic OH excluding ortho intramolecular Hbond substituents is 1. The topological polar surface area (TPSA) is 124 Å². The molecule has 2 saturated heterocycles. The van der Waals surface area contributed by atoms with E-state index in [0.29, 0.717) is 24.2 Å². The smallest absolute Gasteiger partial charge is 0.253 e. The Morgan fingerprint density at radius 2 is 1.64 bits per heavy atom. The van der Waals surface area contributed by atoms with Crippen molar-refractivity contribution in [2.24, 2.45) is 17.8 Å². The van der Waals surface area contributed by atoms with Gasteiger partial charge in [0.05, 0.1) is 18.4 Å². The van der Waals surface area contributed by atoms with Gasteiger partial charge in [0.15, 0.2) is 9.75 Å². The maximum atomic E-state index is 13.9. The number of hydrogen-bond donors (Lipinski definition) is 2. The average Bonchev–Trinajstić information content (AvgIpc) is 3.30. The molecule has 2 N–H and O–H groups in total. The molecule has 2 aromatic rings. The third-order valence-electron chi connectivity index (χ3n) is 9.24. The summed E-state index contributed by atoms with van der Waals surface area (Å²) in [7, 11) is 1.36. The summed E-state index contributed by atoms with van der Waals surface area (Å²) in [5.74, 6) is -3.94. The van der Waals surface area contributed by atoms with E-state index in [0.717, 1.165) is 16.0 Å². The summed E-state index contributed by atoms with van der Waals surface area (Å²) < 4.78 is 5.49. The van der Waals surface area contributed by atoms with Gasteiger partial charge in [0.1, 0.15) is 18.1 Å². The summed E-state index contributed by atoms with van der Waals surface area (Å²) in [4.78, 5) is 53.2. The first-order chi connectivity index (χ1) is 20.0. The van der Waals surface area contributed by atoms with Crippen molar-refractivity contribution in [2.75, 3.05) is 26.8 Å². The molecule has 1 saturated carbocycles. The number of halogens is 2. The number of allylic oxidation sites excluding steroid dienone is 2. The number of fused-ring (bicyclic) bond motifs is 4. The van der Waals surface area contributed by atoms with E-state index in [1.54, 1.807) is 48.5 Å². The highest BCUT2D eigenvalue weighted by molar-refractivity contribution is 6.53. The molecule has 2 aromatic carbocycles. The fourth-order valence-electron chi connectivity index (χ4n) is 7.23. The van der Waals surface area contributed by atoms with Gasteiger partial charge in [0.25, 0.3) is 11.8 Å². The van der Waals surface area contributed by atoms with Gasteiger partial charge in [0, 0.05) is 19.5 Å². The second kappa shape index (κ2) is 10.4. The molecule has 2 aliphatic heterocycles. The number of imide groups is 2. The molecule has 9 nitrogen and oxygen atoms in total. The van der Waals surface area contributed by atoms with Gasteiger partial charge in [-0.3, -0.25) is 29.0 Å². The number of rotatable bonds is 7. The van der Waals surface area contributed by atoms with Crippen molar-refractivity contribution < 1.29 is 34.1 Å². The van der Waals surface area contributed by atoms with Crippen LogP contribution in [0.2, 0.25) is 0 Å². The van der Waals surface area contributed by atoms with E-state index in [1.807, 2.05) is 6.08 Å². The number of aliphatic hydroxyl groups is 1. The number of phenols is 1. The summed E-state index contributed by atoms with van der Waals surface area (Å²) in [6.07, 6.45) is 2.57. The Balaban J connectivity index is 1.37. The standard InChI is InChI=1S/C31H30Cl2N2O7/c1-34-28(40)30(32)16-23-21(25(31(30,33)29(34)41)18-4-8-20(9-5-18)42-15-14-36)10-11-22-24(23)27(39)35(26(22)38)13-12-17-2-6-19(37)7-3-17/h2-10,22-25,36-37H,11-16H2,1H3/t22-,23+,24-,25-,30+,31-/m0/s1. The zero-order chi connectivity index (χ0) is 30.0. The van der Waals surface area contributed by atoms with Gasteiger partial charge in [-0.2, -0.15) is 0 Å². The molecule has 4 aliphatic rings. The molecule has 0 bridgehead atoms. The fourth-order valence-corrected chi connectivity index (χ4v) is 8.25. The summed E-state index contributed by atoms with van der Waals surface area (Å²) in [5.41, 5.74) is 2.22. The monoisotopic (exact) mass is 612 g/mol. The lowest BCUT2D eigenvalue weighted by Crippen LogP contribution is -2.60. The minimum atomic E-state index is -1.84. The Morgan fingerprint density at radius 1 is 0.952 bits per heavy atom. The highest BCUT2D eigenvalue weighted by Gasteiger charge is 2.75. The number of likely N-dealkylation sites (tertiary alicyclic amines) is 2. The van der Waals surface area contributed by atoms with Gasteiger partial charge < -0.3 is 14.9 Å². The second-order valence-electron chi connectivity index (χ2n) is 11.4. The van der Waals surface area contributed by atoms with Crippen molar-refractivity contribution in [3.8, 4) is 11.5 Å². The van der Waals surface area contributed by atoms with Crippen LogP contribution in [-0.2, 0) is 25.6 Å². The molecule has 4 amide bonds. The minimum Gasteiger partial charge on any atom is -0.508 e. The number of ether oxygens (including phenoxy) is 1. The van der Waals surface area contributed by atoms with Crippen LogP contribution in [0.4, 0.5) is 0 Å². The van der Waals surface area contributed by atoms with Crippen LogP contribution in [-0.4, -0.2) is 80.2 Å². The molecule has 6 rings (SSSR count). The van der Waals surface area contributed by atoms with E-state index >= 15 is 0 Å². The maximum absolute atomic E-state index is 13.9. The SMILES string of the molecule is CN1C(=O)[C@]2(Cl)C[C@@H]3C(=CC[C@@H]4C(=O)N(CCc5ccc(O)cc5)C(=O)[C@@H]43)[C@H](c3ccc(OCCO)cc3)[C@]2(Cl)C1=O. The Morgan fingerprint density at radius 3 is 2.31 bits per heavy atom.